The Morgan fingerprint density at radius 2 is 1.90 bits per heavy atom. The summed E-state index contributed by atoms with van der Waals surface area (Å²) in [5, 5.41) is 0. The molecule has 0 N–H and O–H groups in total. The van der Waals surface area contributed by atoms with Gasteiger partial charge in [0.05, 0.1) is 18.9 Å². The van der Waals surface area contributed by atoms with Crippen molar-refractivity contribution in [3.05, 3.63) is 59.9 Å². The van der Waals surface area contributed by atoms with Gasteiger partial charge in [0.15, 0.2) is 0 Å². The van der Waals surface area contributed by atoms with Crippen molar-refractivity contribution < 1.29 is 14.3 Å². The van der Waals surface area contributed by atoms with Crippen molar-refractivity contribution in [2.45, 2.75) is 26.0 Å². The third kappa shape index (κ3) is 5.55. The van der Waals surface area contributed by atoms with Crippen LogP contribution in [0.2, 0.25) is 0 Å². The highest BCUT2D eigenvalue weighted by Crippen LogP contribution is 2.23. The van der Waals surface area contributed by atoms with Crippen LogP contribution in [-0.2, 0) is 22.7 Å². The summed E-state index contributed by atoms with van der Waals surface area (Å²) in [6.07, 6.45) is 3.65. The van der Waals surface area contributed by atoms with E-state index >= 15 is 0 Å². The second-order valence-corrected chi connectivity index (χ2v) is 7.75. The molecule has 0 saturated carbocycles. The van der Waals surface area contributed by atoms with Crippen LogP contribution in [0.4, 0.5) is 0 Å². The van der Waals surface area contributed by atoms with E-state index in [2.05, 4.69) is 22.0 Å². The minimum Gasteiger partial charge on any atom is -0.487 e. The van der Waals surface area contributed by atoms with E-state index in [1.54, 1.807) is 6.20 Å². The van der Waals surface area contributed by atoms with E-state index in [1.165, 1.54) is 5.56 Å². The highest BCUT2D eigenvalue weighted by Gasteiger charge is 2.29. The van der Waals surface area contributed by atoms with Gasteiger partial charge in [0.25, 0.3) is 0 Å². The number of pyridine rings is 1. The number of amides is 1. The SMILES string of the molecule is O=C(C1CCN(Cc2cccc(OCc3ccccn3)c2)CC1)N1CCOCC1. The average molecular weight is 396 g/mol. The van der Waals surface area contributed by atoms with E-state index in [0.717, 1.165) is 57.0 Å². The third-order valence-corrected chi connectivity index (χ3v) is 5.68. The van der Waals surface area contributed by atoms with Crippen LogP contribution in [0.5, 0.6) is 5.75 Å². The predicted octanol–water partition coefficient (Wildman–Crippen LogP) is 2.73. The number of piperidine rings is 1. The van der Waals surface area contributed by atoms with Gasteiger partial charge in [-0.3, -0.25) is 14.7 Å². The lowest BCUT2D eigenvalue weighted by atomic mass is 9.94. The first-order chi connectivity index (χ1) is 14.3. The summed E-state index contributed by atoms with van der Waals surface area (Å²) in [6, 6.07) is 14.1. The Morgan fingerprint density at radius 1 is 1.07 bits per heavy atom. The fourth-order valence-electron chi connectivity index (χ4n) is 4.01. The van der Waals surface area contributed by atoms with Crippen LogP contribution >= 0.6 is 0 Å². The molecule has 1 aromatic heterocycles. The van der Waals surface area contributed by atoms with Crippen molar-refractivity contribution >= 4 is 5.91 Å². The smallest absolute Gasteiger partial charge is 0.225 e. The van der Waals surface area contributed by atoms with Crippen molar-refractivity contribution in [2.75, 3.05) is 39.4 Å². The summed E-state index contributed by atoms with van der Waals surface area (Å²) in [5.41, 5.74) is 2.16. The first kappa shape index (κ1) is 19.9. The number of carbonyl (C=O) groups is 1. The Balaban J connectivity index is 1.25. The minimum atomic E-state index is 0.164. The van der Waals surface area contributed by atoms with Gasteiger partial charge in [-0.05, 0) is 55.8 Å². The van der Waals surface area contributed by atoms with E-state index in [1.807, 2.05) is 35.2 Å². The minimum absolute atomic E-state index is 0.164. The molecule has 1 amide bonds. The molecule has 154 valence electrons. The van der Waals surface area contributed by atoms with E-state index in [-0.39, 0.29) is 5.92 Å². The highest BCUT2D eigenvalue weighted by atomic mass is 16.5. The molecule has 2 fully saturated rings. The first-order valence-electron chi connectivity index (χ1n) is 10.5. The van der Waals surface area contributed by atoms with Gasteiger partial charge < -0.3 is 14.4 Å². The number of benzene rings is 1. The quantitative estimate of drug-likeness (QED) is 0.753. The largest absolute Gasteiger partial charge is 0.487 e. The number of likely N-dealkylation sites (tertiary alicyclic amines) is 1. The van der Waals surface area contributed by atoms with Crippen molar-refractivity contribution in [1.29, 1.82) is 0 Å². The number of nitrogens with zero attached hydrogens (tertiary/aromatic N) is 3. The molecular formula is C23H29N3O3. The lowest BCUT2D eigenvalue weighted by molar-refractivity contribution is -0.141. The van der Waals surface area contributed by atoms with Crippen LogP contribution in [0, 0.1) is 5.92 Å². The molecule has 3 heterocycles. The zero-order valence-electron chi connectivity index (χ0n) is 16.8. The van der Waals surface area contributed by atoms with E-state index in [0.29, 0.717) is 25.7 Å². The summed E-state index contributed by atoms with van der Waals surface area (Å²) < 4.78 is 11.3. The van der Waals surface area contributed by atoms with Gasteiger partial charge in [-0.15, -0.1) is 0 Å². The molecule has 29 heavy (non-hydrogen) atoms. The Hall–Kier alpha value is -2.44. The van der Waals surface area contributed by atoms with Crippen LogP contribution in [0.15, 0.2) is 48.7 Å². The number of aromatic nitrogens is 1. The molecule has 2 aromatic rings. The third-order valence-electron chi connectivity index (χ3n) is 5.68. The van der Waals surface area contributed by atoms with Crippen molar-refractivity contribution in [1.82, 2.24) is 14.8 Å². The summed E-state index contributed by atoms with van der Waals surface area (Å²) in [6.45, 7) is 6.10. The van der Waals surface area contributed by atoms with Gasteiger partial charge in [-0.2, -0.15) is 0 Å². The van der Waals surface area contributed by atoms with Crippen LogP contribution in [0.1, 0.15) is 24.1 Å². The molecule has 0 spiro atoms. The summed E-state index contributed by atoms with van der Waals surface area (Å²) in [5.74, 6) is 1.35. The maximum absolute atomic E-state index is 12.7. The number of morpholine rings is 1. The summed E-state index contributed by atoms with van der Waals surface area (Å²) >= 11 is 0. The van der Waals surface area contributed by atoms with Gasteiger partial charge in [-0.1, -0.05) is 18.2 Å². The van der Waals surface area contributed by atoms with E-state index in [4.69, 9.17) is 9.47 Å². The Morgan fingerprint density at radius 3 is 2.66 bits per heavy atom. The van der Waals surface area contributed by atoms with Gasteiger partial charge in [0.2, 0.25) is 5.91 Å². The van der Waals surface area contributed by atoms with Gasteiger partial charge >= 0.3 is 0 Å². The van der Waals surface area contributed by atoms with E-state index < -0.39 is 0 Å². The molecule has 0 aliphatic carbocycles. The Labute approximate surface area is 172 Å². The highest BCUT2D eigenvalue weighted by molar-refractivity contribution is 5.79. The molecule has 4 rings (SSSR count). The molecule has 2 saturated heterocycles. The van der Waals surface area contributed by atoms with Crippen LogP contribution < -0.4 is 4.74 Å². The average Bonchev–Trinajstić information content (AvgIpc) is 2.79. The molecule has 0 unspecified atom stereocenters. The number of carbonyl (C=O) groups excluding carboxylic acids is 1. The molecule has 6 heteroatoms. The fraction of sp³-hybridized carbons (Fsp3) is 0.478. The van der Waals surface area contributed by atoms with Crippen LogP contribution in [0.3, 0.4) is 0 Å². The number of hydrogen-bond donors (Lipinski definition) is 0. The predicted molar refractivity (Wildman–Crippen MR) is 110 cm³/mol. The molecule has 0 atom stereocenters. The summed E-state index contributed by atoms with van der Waals surface area (Å²) in [7, 11) is 0. The zero-order chi connectivity index (χ0) is 19.9. The lowest BCUT2D eigenvalue weighted by Crippen LogP contribution is -2.46. The summed E-state index contributed by atoms with van der Waals surface area (Å²) in [4.78, 5) is 21.4. The van der Waals surface area contributed by atoms with Gasteiger partial charge in [-0.25, -0.2) is 0 Å². The Bertz CT molecular complexity index is 785. The number of ether oxygens (including phenoxy) is 2. The lowest BCUT2D eigenvalue weighted by Gasteiger charge is -2.35. The number of rotatable bonds is 6. The maximum atomic E-state index is 12.7. The second kappa shape index (κ2) is 9.85. The Kier molecular flexibility index (Phi) is 6.75. The zero-order valence-corrected chi connectivity index (χ0v) is 16.8. The van der Waals surface area contributed by atoms with Crippen molar-refractivity contribution in [2.24, 2.45) is 5.92 Å². The van der Waals surface area contributed by atoms with E-state index in [9.17, 15) is 4.79 Å². The van der Waals surface area contributed by atoms with Gasteiger partial charge in [0.1, 0.15) is 12.4 Å². The van der Waals surface area contributed by atoms with Gasteiger partial charge in [0, 0.05) is 31.7 Å². The molecule has 0 bridgehead atoms. The standard InChI is InChI=1S/C23H29N3O3/c27-23(26-12-14-28-15-13-26)20-7-10-25(11-8-20)17-19-4-3-6-22(16-19)29-18-21-5-1-2-9-24-21/h1-6,9,16,20H,7-8,10-15,17-18H2. The molecule has 2 aliphatic rings. The molecule has 6 nitrogen and oxygen atoms in total. The van der Waals surface area contributed by atoms with Crippen LogP contribution in [0.25, 0.3) is 0 Å². The molecule has 0 radical (unpaired) electrons. The first-order valence-corrected chi connectivity index (χ1v) is 10.5. The van der Waals surface area contributed by atoms with Crippen molar-refractivity contribution in [3.63, 3.8) is 0 Å². The van der Waals surface area contributed by atoms with Crippen LogP contribution in [-0.4, -0.2) is 60.1 Å². The molecular weight excluding hydrogens is 366 g/mol. The maximum Gasteiger partial charge on any atom is 0.225 e. The van der Waals surface area contributed by atoms with Crippen molar-refractivity contribution in [3.8, 4) is 5.75 Å². The normalized spacial score (nSPS) is 18.6. The molecule has 2 aliphatic heterocycles. The number of hydrogen-bond acceptors (Lipinski definition) is 5. The monoisotopic (exact) mass is 395 g/mol. The topological polar surface area (TPSA) is 54.9 Å². The second-order valence-electron chi connectivity index (χ2n) is 7.75. The molecule has 1 aromatic carbocycles. The fourth-order valence-corrected chi connectivity index (χ4v) is 4.01.